The third-order valence-electron chi connectivity index (χ3n) is 18.5. The predicted molar refractivity (Wildman–Crippen MR) is 404 cm³/mol. The molecular formula is C88H58N10. The Morgan fingerprint density at radius 2 is 0.367 bits per heavy atom. The van der Waals surface area contributed by atoms with E-state index in [0.717, 1.165) is 156 Å². The Bertz CT molecular complexity index is 5610. The van der Waals surface area contributed by atoms with Crippen molar-refractivity contribution in [2.75, 3.05) is 0 Å². The maximum Gasteiger partial charge on any atom is 0.114 e. The molecule has 0 radical (unpaired) electrons. The van der Waals surface area contributed by atoms with Crippen LogP contribution in [0.5, 0.6) is 0 Å². The van der Waals surface area contributed by atoms with Crippen LogP contribution in [0.3, 0.4) is 0 Å². The van der Waals surface area contributed by atoms with Gasteiger partial charge < -0.3 is 19.9 Å². The van der Waals surface area contributed by atoms with Crippen molar-refractivity contribution in [3.8, 4) is 89.0 Å². The van der Waals surface area contributed by atoms with Crippen molar-refractivity contribution in [2.24, 2.45) is 10.2 Å². The summed E-state index contributed by atoms with van der Waals surface area (Å²) in [4.78, 5) is 38.5. The SMILES string of the molecule is C1=Cc2nc1c(-c1ccccc1)c1ccc([nH]1)c(-c1ccccc1)c1nc(c(-c3ccccc3)c3ccc([nH]3)c2-c2ccccc2)C(N=NC2=Cc3nc2c(-c2ccccc2)c2ccc([nH]2)c(-c2ccccc2)c2nc(c(-c4ccccc4)c4ccc([nH]4)c3-c3ccccc3)C=C2)=C1. The first kappa shape index (κ1) is 57.2. The van der Waals surface area contributed by atoms with Gasteiger partial charge in [-0.2, -0.15) is 0 Å². The van der Waals surface area contributed by atoms with Gasteiger partial charge in [0.25, 0.3) is 0 Å². The summed E-state index contributed by atoms with van der Waals surface area (Å²) in [5.41, 5.74) is 29.4. The second kappa shape index (κ2) is 24.5. The number of aromatic amines is 4. The van der Waals surface area contributed by atoms with Gasteiger partial charge >= 0.3 is 0 Å². The van der Waals surface area contributed by atoms with E-state index in [1.165, 1.54) is 0 Å². The maximum atomic E-state index is 5.83. The molecule has 8 aromatic carbocycles. The zero-order valence-corrected chi connectivity index (χ0v) is 52.9. The van der Waals surface area contributed by atoms with Crippen LogP contribution in [0.2, 0.25) is 0 Å². The van der Waals surface area contributed by atoms with Crippen LogP contribution >= 0.6 is 0 Å². The first-order chi connectivity index (χ1) is 48.6. The first-order valence-corrected chi connectivity index (χ1v) is 32.8. The molecule has 0 fully saturated rings. The van der Waals surface area contributed by atoms with E-state index in [1.807, 2.05) is 48.5 Å². The van der Waals surface area contributed by atoms with E-state index in [4.69, 9.17) is 30.2 Å². The summed E-state index contributed by atoms with van der Waals surface area (Å²) in [7, 11) is 0. The van der Waals surface area contributed by atoms with Crippen molar-refractivity contribution in [3.63, 3.8) is 0 Å². The van der Waals surface area contributed by atoms with Crippen LogP contribution in [0.1, 0.15) is 45.6 Å². The molecule has 0 amide bonds. The molecule has 16 bridgehead atoms. The molecule has 4 N–H and O–H groups in total. The van der Waals surface area contributed by atoms with E-state index in [-0.39, 0.29) is 0 Å². The molecule has 6 aromatic heterocycles. The summed E-state index contributed by atoms with van der Waals surface area (Å²) < 4.78 is 0. The smallest absolute Gasteiger partial charge is 0.114 e. The van der Waals surface area contributed by atoms with Gasteiger partial charge in [0.2, 0.25) is 0 Å². The van der Waals surface area contributed by atoms with Gasteiger partial charge in [0.1, 0.15) is 22.8 Å². The van der Waals surface area contributed by atoms with E-state index in [2.05, 4.69) is 299 Å². The van der Waals surface area contributed by atoms with Gasteiger partial charge in [0.05, 0.1) is 34.2 Å². The van der Waals surface area contributed by atoms with Crippen LogP contribution in [-0.2, 0) is 0 Å². The number of rotatable bonds is 10. The average molecular weight is 1260 g/mol. The van der Waals surface area contributed by atoms with Gasteiger partial charge in [-0.3, -0.25) is 0 Å². The lowest BCUT2D eigenvalue weighted by atomic mass is 10.0. The fourth-order valence-corrected chi connectivity index (χ4v) is 14.1. The fourth-order valence-electron chi connectivity index (χ4n) is 14.1. The number of benzene rings is 8. The second-order valence-electron chi connectivity index (χ2n) is 24.5. The van der Waals surface area contributed by atoms with Crippen LogP contribution in [0.4, 0.5) is 0 Å². The van der Waals surface area contributed by atoms with E-state index >= 15 is 0 Å². The van der Waals surface area contributed by atoms with E-state index in [0.29, 0.717) is 34.2 Å². The predicted octanol–water partition coefficient (Wildman–Crippen LogP) is 22.8. The highest BCUT2D eigenvalue weighted by molar-refractivity contribution is 6.05. The Labute approximate surface area is 564 Å². The molecular weight excluding hydrogens is 1200 g/mol. The van der Waals surface area contributed by atoms with Gasteiger partial charge in [-0.25, -0.2) is 19.9 Å². The molecule has 4 aliphatic rings. The summed E-state index contributed by atoms with van der Waals surface area (Å²) in [6, 6.07) is 101. The Kier molecular flexibility index (Phi) is 14.3. The van der Waals surface area contributed by atoms with Crippen LogP contribution in [0, 0.1) is 0 Å². The minimum atomic E-state index is 0.550. The van der Waals surface area contributed by atoms with Crippen LogP contribution in [-0.4, -0.2) is 39.9 Å². The number of nitrogens with one attached hydrogen (secondary N) is 4. The molecule has 0 atom stereocenters. The molecule has 14 aromatic rings. The molecule has 0 unspecified atom stereocenters. The summed E-state index contributed by atoms with van der Waals surface area (Å²) in [6.45, 7) is 0. The number of azo groups is 1. The Morgan fingerprint density at radius 1 is 0.184 bits per heavy atom. The highest BCUT2D eigenvalue weighted by atomic mass is 15.1. The highest BCUT2D eigenvalue weighted by Crippen LogP contribution is 2.45. The van der Waals surface area contributed by atoms with Crippen molar-refractivity contribution in [2.45, 2.75) is 0 Å². The standard InChI is InChI=1S/C88H58N10/c1-9-25-55(26-10-1)79-63-41-43-65(89-63)81(57-29-13-3-14-30-57)69-49-51-73(93-69)85(61-37-21-7-22-38-61)87-77(53-75(95-87)83(59-33-17-5-18-34-59)71-47-45-67(79)91-71)97-98-78-54-76-84(60-35-19-6-20-36-60)72-48-46-68(92-72)80(56-27-11-2-12-28-56)64-42-44-66(90-64)82(58-31-15-4-16-32-58)70-50-52-74(94-70)86(88(78)96-76)62-39-23-8-24-40-62/h1-54,91-94H. The minimum absolute atomic E-state index is 0.550. The molecule has 0 saturated heterocycles. The third-order valence-corrected chi connectivity index (χ3v) is 18.5. The molecule has 18 rings (SSSR count). The monoisotopic (exact) mass is 1250 g/mol. The van der Waals surface area contributed by atoms with Crippen molar-refractivity contribution >= 4 is 92.0 Å². The van der Waals surface area contributed by atoms with Gasteiger partial charge in [0.15, 0.2) is 0 Å². The van der Waals surface area contributed by atoms with E-state index in [1.54, 1.807) is 0 Å². The molecule has 4 aliphatic heterocycles. The average Bonchev–Trinajstić information content (AvgIpc) is 1.63. The van der Waals surface area contributed by atoms with E-state index in [9.17, 15) is 0 Å². The summed E-state index contributed by atoms with van der Waals surface area (Å²) in [5.74, 6) is 0. The van der Waals surface area contributed by atoms with Gasteiger partial charge in [-0.1, -0.05) is 243 Å². The number of nitrogens with zero attached hydrogens (tertiary/aromatic N) is 6. The molecule has 10 nitrogen and oxygen atoms in total. The molecule has 0 aliphatic carbocycles. The Balaban J connectivity index is 0.954. The molecule has 98 heavy (non-hydrogen) atoms. The Hall–Kier alpha value is -13.4. The molecule has 10 heterocycles. The lowest BCUT2D eigenvalue weighted by Gasteiger charge is -2.08. The van der Waals surface area contributed by atoms with Crippen LogP contribution < -0.4 is 0 Å². The molecule has 0 saturated carbocycles. The quantitative estimate of drug-likeness (QED) is 0.101. The van der Waals surface area contributed by atoms with E-state index < -0.39 is 0 Å². The van der Waals surface area contributed by atoms with Crippen molar-refractivity contribution in [3.05, 3.63) is 337 Å². The fraction of sp³-hybridized carbons (Fsp3) is 0. The highest BCUT2D eigenvalue weighted by Gasteiger charge is 2.27. The first-order valence-electron chi connectivity index (χ1n) is 32.8. The van der Waals surface area contributed by atoms with Gasteiger partial charge in [-0.15, -0.1) is 10.2 Å². The lowest BCUT2D eigenvalue weighted by molar-refractivity contribution is 1.21. The zero-order chi connectivity index (χ0) is 64.9. The molecule has 0 spiro atoms. The minimum Gasteiger partial charge on any atom is -0.354 e. The zero-order valence-electron chi connectivity index (χ0n) is 52.9. The van der Waals surface area contributed by atoms with Crippen LogP contribution in [0.25, 0.3) is 181 Å². The Morgan fingerprint density at radius 3 is 0.582 bits per heavy atom. The number of hydrogen-bond donors (Lipinski definition) is 4. The number of fused-ring (bicyclic) bond motifs is 16. The van der Waals surface area contributed by atoms with Crippen molar-refractivity contribution < 1.29 is 0 Å². The lowest BCUT2D eigenvalue weighted by Crippen LogP contribution is -1.91. The number of aromatic nitrogens is 8. The molecule has 10 heteroatoms. The normalized spacial score (nSPS) is 12.5. The number of hydrogen-bond acceptors (Lipinski definition) is 6. The summed E-state index contributed by atoms with van der Waals surface area (Å²) in [5, 5.41) is 11.1. The second-order valence-corrected chi connectivity index (χ2v) is 24.5. The molecule has 460 valence electrons. The third kappa shape index (κ3) is 10.4. The number of H-pyrrole nitrogens is 4. The summed E-state index contributed by atoms with van der Waals surface area (Å²) >= 11 is 0. The van der Waals surface area contributed by atoms with Crippen molar-refractivity contribution in [1.82, 2.24) is 39.9 Å². The van der Waals surface area contributed by atoms with Crippen molar-refractivity contribution in [1.29, 1.82) is 0 Å². The largest absolute Gasteiger partial charge is 0.354 e. The maximum absolute atomic E-state index is 5.83. The topological polar surface area (TPSA) is 139 Å². The van der Waals surface area contributed by atoms with Gasteiger partial charge in [-0.05, 0) is 129 Å². The van der Waals surface area contributed by atoms with Gasteiger partial charge in [0, 0.05) is 88.6 Å². The summed E-state index contributed by atoms with van der Waals surface area (Å²) in [6.07, 6.45) is 12.7. The van der Waals surface area contributed by atoms with Crippen LogP contribution in [0.15, 0.2) is 301 Å².